The van der Waals surface area contributed by atoms with Crippen LogP contribution in [-0.2, 0) is 14.3 Å². The molecule has 2 heterocycles. The molecule has 0 radical (unpaired) electrons. The molecule has 0 spiro atoms. The molecule has 0 atom stereocenters. The van der Waals surface area contributed by atoms with Crippen molar-refractivity contribution in [3.8, 4) is 5.69 Å². The van der Waals surface area contributed by atoms with Crippen LogP contribution in [0.3, 0.4) is 0 Å². The number of carbonyl (C=O) groups excluding carboxylic acids is 3. The lowest BCUT2D eigenvalue weighted by Gasteiger charge is -2.11. The van der Waals surface area contributed by atoms with Crippen molar-refractivity contribution in [2.45, 2.75) is 6.92 Å². The number of benzene rings is 1. The van der Waals surface area contributed by atoms with Gasteiger partial charge in [0.25, 0.3) is 11.1 Å². The van der Waals surface area contributed by atoms with E-state index >= 15 is 0 Å². The summed E-state index contributed by atoms with van der Waals surface area (Å²) in [4.78, 5) is 48.2. The molecule has 1 aromatic heterocycles. The van der Waals surface area contributed by atoms with Crippen LogP contribution in [0.5, 0.6) is 0 Å². The lowest BCUT2D eigenvalue weighted by molar-refractivity contribution is -0.145. The van der Waals surface area contributed by atoms with Gasteiger partial charge < -0.3 is 14.4 Å². The molecular formula is C19H16N2O6S. The minimum atomic E-state index is -1.02. The molecule has 1 saturated heterocycles. The Balaban J connectivity index is 1.84. The highest BCUT2D eigenvalue weighted by atomic mass is 32.2. The maximum atomic E-state index is 12.5. The average Bonchev–Trinajstić information content (AvgIpc) is 3.22. The van der Waals surface area contributed by atoms with Crippen LogP contribution in [0.15, 0.2) is 47.5 Å². The minimum Gasteiger partial charge on any atom is -0.478 e. The summed E-state index contributed by atoms with van der Waals surface area (Å²) < 4.78 is 6.54. The molecule has 0 aliphatic carbocycles. The van der Waals surface area contributed by atoms with Gasteiger partial charge in [0.2, 0.25) is 0 Å². The van der Waals surface area contributed by atoms with Crippen molar-refractivity contribution in [3.63, 3.8) is 0 Å². The molecule has 9 heteroatoms. The number of nitrogens with zero attached hydrogens (tertiary/aromatic N) is 2. The maximum Gasteiger partial charge on any atom is 0.335 e. The third-order valence-electron chi connectivity index (χ3n) is 3.92. The zero-order valence-electron chi connectivity index (χ0n) is 14.8. The van der Waals surface area contributed by atoms with Crippen molar-refractivity contribution in [3.05, 3.63) is 58.8 Å². The van der Waals surface area contributed by atoms with Gasteiger partial charge in [-0.1, -0.05) is 0 Å². The quantitative estimate of drug-likeness (QED) is 0.587. The summed E-state index contributed by atoms with van der Waals surface area (Å²) in [6.45, 7) is 1.38. The molecule has 2 aromatic rings. The minimum absolute atomic E-state index is 0.164. The van der Waals surface area contributed by atoms with Crippen molar-refractivity contribution in [1.82, 2.24) is 9.47 Å². The Bertz CT molecular complexity index is 977. The van der Waals surface area contributed by atoms with Crippen molar-refractivity contribution >= 4 is 40.9 Å². The van der Waals surface area contributed by atoms with E-state index in [1.165, 1.54) is 12.1 Å². The van der Waals surface area contributed by atoms with Crippen LogP contribution in [0.4, 0.5) is 4.79 Å². The molecule has 144 valence electrons. The smallest absolute Gasteiger partial charge is 0.335 e. The van der Waals surface area contributed by atoms with Gasteiger partial charge in [-0.15, -0.1) is 0 Å². The second-order valence-electron chi connectivity index (χ2n) is 5.73. The second-order valence-corrected chi connectivity index (χ2v) is 6.72. The van der Waals surface area contributed by atoms with Gasteiger partial charge in [-0.25, -0.2) is 4.79 Å². The van der Waals surface area contributed by atoms with E-state index in [0.717, 1.165) is 16.7 Å². The van der Waals surface area contributed by atoms with Crippen molar-refractivity contribution in [2.24, 2.45) is 0 Å². The Morgan fingerprint density at radius 3 is 2.54 bits per heavy atom. The van der Waals surface area contributed by atoms with Crippen LogP contribution in [0.1, 0.15) is 23.0 Å². The number of rotatable bonds is 6. The monoisotopic (exact) mass is 400 g/mol. The first-order valence-corrected chi connectivity index (χ1v) is 9.14. The lowest BCUT2D eigenvalue weighted by atomic mass is 10.2. The lowest BCUT2D eigenvalue weighted by Crippen LogP contribution is -2.34. The van der Waals surface area contributed by atoms with E-state index in [4.69, 9.17) is 9.84 Å². The molecule has 2 amide bonds. The standard InChI is InChI=1S/C19H16N2O6S/c1-2-27-16(22)11-21-17(23)15(28-19(21)26)10-14-4-3-9-20(14)13-7-5-12(6-8-13)18(24)25/h3-10H,2,11H2,1H3,(H,24,25)/b15-10+. The molecule has 1 aromatic carbocycles. The van der Waals surface area contributed by atoms with E-state index in [-0.39, 0.29) is 17.1 Å². The SMILES string of the molecule is CCOC(=O)CN1C(=O)S/C(=C/c2cccn2-c2ccc(C(=O)O)cc2)C1=O. The van der Waals surface area contributed by atoms with Gasteiger partial charge in [-0.3, -0.25) is 19.3 Å². The molecule has 28 heavy (non-hydrogen) atoms. The van der Waals surface area contributed by atoms with Gasteiger partial charge in [-0.2, -0.15) is 0 Å². The number of imide groups is 1. The first-order chi connectivity index (χ1) is 13.4. The first-order valence-electron chi connectivity index (χ1n) is 8.32. The molecule has 0 bridgehead atoms. The Labute approximate surface area is 164 Å². The molecule has 1 N–H and O–H groups in total. The van der Waals surface area contributed by atoms with Gasteiger partial charge in [0.05, 0.1) is 17.1 Å². The predicted molar refractivity (Wildman–Crippen MR) is 102 cm³/mol. The fraction of sp³-hybridized carbons (Fsp3) is 0.158. The number of hydrogen-bond donors (Lipinski definition) is 1. The van der Waals surface area contributed by atoms with E-state index in [1.54, 1.807) is 48.0 Å². The van der Waals surface area contributed by atoms with Crippen LogP contribution >= 0.6 is 11.8 Å². The number of amides is 2. The summed E-state index contributed by atoms with van der Waals surface area (Å²) in [5.74, 6) is -2.22. The molecule has 1 aliphatic heterocycles. The Morgan fingerprint density at radius 1 is 1.18 bits per heavy atom. The summed E-state index contributed by atoms with van der Waals surface area (Å²) in [7, 11) is 0. The largest absolute Gasteiger partial charge is 0.478 e. The number of aromatic nitrogens is 1. The van der Waals surface area contributed by atoms with Crippen LogP contribution in [0.2, 0.25) is 0 Å². The molecule has 0 saturated carbocycles. The van der Waals surface area contributed by atoms with Crippen LogP contribution in [0, 0.1) is 0 Å². The molecule has 1 fully saturated rings. The Kier molecular flexibility index (Phi) is 5.65. The summed E-state index contributed by atoms with van der Waals surface area (Å²) in [6.07, 6.45) is 3.31. The van der Waals surface area contributed by atoms with Gasteiger partial charge in [0.15, 0.2) is 0 Å². The van der Waals surface area contributed by atoms with Crippen molar-refractivity contribution in [2.75, 3.05) is 13.2 Å². The number of aromatic carboxylic acids is 1. The number of esters is 1. The highest BCUT2D eigenvalue weighted by Crippen LogP contribution is 2.32. The van der Waals surface area contributed by atoms with Crippen molar-refractivity contribution < 1.29 is 29.0 Å². The number of carboxylic acid groups (broad SMARTS) is 1. The van der Waals surface area contributed by atoms with Crippen LogP contribution < -0.4 is 0 Å². The highest BCUT2D eigenvalue weighted by molar-refractivity contribution is 8.18. The van der Waals surface area contributed by atoms with E-state index in [1.807, 2.05) is 0 Å². The number of thioether (sulfide) groups is 1. The van der Waals surface area contributed by atoms with E-state index in [2.05, 4.69) is 0 Å². The molecule has 3 rings (SSSR count). The zero-order chi connectivity index (χ0) is 20.3. The molecule has 0 unspecified atom stereocenters. The normalized spacial score (nSPS) is 15.3. The summed E-state index contributed by atoms with van der Waals surface area (Å²) in [5.41, 5.74) is 1.49. The molecular weight excluding hydrogens is 384 g/mol. The van der Waals surface area contributed by atoms with Gasteiger partial charge in [0.1, 0.15) is 6.54 Å². The molecule has 1 aliphatic rings. The first kappa shape index (κ1) is 19.4. The second kappa shape index (κ2) is 8.13. The van der Waals surface area contributed by atoms with Crippen LogP contribution in [-0.4, -0.2) is 50.8 Å². The highest BCUT2D eigenvalue weighted by Gasteiger charge is 2.36. The van der Waals surface area contributed by atoms with Gasteiger partial charge in [-0.05, 0) is 61.2 Å². The van der Waals surface area contributed by atoms with Gasteiger partial charge >= 0.3 is 11.9 Å². The van der Waals surface area contributed by atoms with E-state index in [9.17, 15) is 19.2 Å². The number of carboxylic acids is 1. The Morgan fingerprint density at radius 2 is 1.89 bits per heavy atom. The predicted octanol–water partition coefficient (Wildman–Crippen LogP) is 2.77. The van der Waals surface area contributed by atoms with Crippen LogP contribution in [0.25, 0.3) is 11.8 Å². The topological polar surface area (TPSA) is 106 Å². The fourth-order valence-electron chi connectivity index (χ4n) is 2.62. The third kappa shape index (κ3) is 3.99. The summed E-state index contributed by atoms with van der Waals surface area (Å²) >= 11 is 0.750. The fourth-order valence-corrected chi connectivity index (χ4v) is 3.44. The summed E-state index contributed by atoms with van der Waals surface area (Å²) in [6, 6.07) is 9.77. The number of carbonyl (C=O) groups is 4. The zero-order valence-corrected chi connectivity index (χ0v) is 15.6. The van der Waals surface area contributed by atoms with E-state index < -0.39 is 29.6 Å². The van der Waals surface area contributed by atoms with Gasteiger partial charge in [0, 0.05) is 17.6 Å². The number of hydrogen-bond acceptors (Lipinski definition) is 6. The maximum absolute atomic E-state index is 12.5. The Hall–Kier alpha value is -3.33. The third-order valence-corrected chi connectivity index (χ3v) is 4.83. The van der Waals surface area contributed by atoms with Crippen molar-refractivity contribution in [1.29, 1.82) is 0 Å². The summed E-state index contributed by atoms with van der Waals surface area (Å²) in [5, 5.41) is 8.47. The molecule has 8 nitrogen and oxygen atoms in total. The average molecular weight is 400 g/mol. The van der Waals surface area contributed by atoms with E-state index in [0.29, 0.717) is 11.4 Å². The number of ether oxygens (including phenoxy) is 1.